The number of piperazine rings is 1. The molecule has 1 aliphatic heterocycles. The van der Waals surface area contributed by atoms with E-state index in [-0.39, 0.29) is 29.6 Å². The number of amides is 1. The third-order valence-corrected chi connectivity index (χ3v) is 5.02. The van der Waals surface area contributed by atoms with Gasteiger partial charge in [-0.25, -0.2) is 13.4 Å². The first-order chi connectivity index (χ1) is 9.50. The molecule has 0 spiro atoms. The highest BCUT2D eigenvalue weighted by Gasteiger charge is 2.37. The molecule has 7 nitrogen and oxygen atoms in total. The second-order valence-corrected chi connectivity index (χ2v) is 6.21. The van der Waals surface area contributed by atoms with Crippen LogP contribution in [0.4, 0.5) is 0 Å². The molecule has 2 heterocycles. The lowest BCUT2D eigenvalue weighted by atomic mass is 10.2. The second-order valence-electron chi connectivity index (χ2n) is 4.32. The van der Waals surface area contributed by atoms with E-state index in [0.717, 1.165) is 6.20 Å². The number of nitrogens with zero attached hydrogens (tertiary/aromatic N) is 3. The Kier molecular flexibility index (Phi) is 4.01. The van der Waals surface area contributed by atoms with E-state index in [2.05, 4.69) is 10.3 Å². The summed E-state index contributed by atoms with van der Waals surface area (Å²) in [6, 6.07) is 3.80. The van der Waals surface area contributed by atoms with Crippen LogP contribution in [-0.4, -0.2) is 42.7 Å². The maximum absolute atomic E-state index is 12.5. The van der Waals surface area contributed by atoms with Gasteiger partial charge in [-0.15, -0.1) is 0 Å². The van der Waals surface area contributed by atoms with E-state index in [4.69, 9.17) is 5.26 Å². The molecule has 0 bridgehead atoms. The molecule has 8 heteroatoms. The van der Waals surface area contributed by atoms with Crippen LogP contribution in [0.2, 0.25) is 0 Å². The summed E-state index contributed by atoms with van der Waals surface area (Å²) < 4.78 is 26.2. The van der Waals surface area contributed by atoms with Crippen molar-refractivity contribution < 1.29 is 13.2 Å². The van der Waals surface area contributed by atoms with Crippen LogP contribution in [0.5, 0.6) is 0 Å². The van der Waals surface area contributed by atoms with E-state index in [1.165, 1.54) is 16.4 Å². The minimum absolute atomic E-state index is 0.00958. The highest BCUT2D eigenvalue weighted by molar-refractivity contribution is 7.89. The summed E-state index contributed by atoms with van der Waals surface area (Å²) in [7, 11) is -3.78. The molecule has 1 amide bonds. The van der Waals surface area contributed by atoms with E-state index < -0.39 is 16.1 Å². The molecular formula is C12H14N4O3S. The number of carbonyl (C=O) groups is 1. The van der Waals surface area contributed by atoms with Gasteiger partial charge in [0.05, 0.1) is 0 Å². The van der Waals surface area contributed by atoms with Gasteiger partial charge in [-0.05, 0) is 18.6 Å². The Labute approximate surface area is 117 Å². The largest absolute Gasteiger partial charge is 0.353 e. The highest BCUT2D eigenvalue weighted by Crippen LogP contribution is 2.20. The maximum atomic E-state index is 12.5. The molecule has 0 saturated carbocycles. The van der Waals surface area contributed by atoms with Crippen LogP contribution in [0.15, 0.2) is 23.2 Å². The predicted octanol–water partition coefficient (Wildman–Crippen LogP) is -0.148. The van der Waals surface area contributed by atoms with Gasteiger partial charge >= 0.3 is 0 Å². The van der Waals surface area contributed by atoms with Crippen molar-refractivity contribution in [1.82, 2.24) is 14.6 Å². The molecule has 106 valence electrons. The number of aromatic nitrogens is 1. The van der Waals surface area contributed by atoms with E-state index in [9.17, 15) is 13.2 Å². The Hall–Kier alpha value is -1.98. The second kappa shape index (κ2) is 5.56. The lowest BCUT2D eigenvalue weighted by Crippen LogP contribution is -2.56. The third-order valence-electron chi connectivity index (χ3n) is 3.13. The van der Waals surface area contributed by atoms with Crippen LogP contribution in [0.25, 0.3) is 0 Å². The minimum Gasteiger partial charge on any atom is -0.353 e. The Bertz CT molecular complexity index is 648. The van der Waals surface area contributed by atoms with Crippen LogP contribution in [0.3, 0.4) is 0 Å². The standard InChI is InChI=1S/C12H14N4O3S/c1-2-11-12(17)14-5-6-16(11)20(18,19)10-4-3-9(7-13)15-8-10/h3-4,8,11H,2,5-6H2,1H3,(H,14,17). The molecule has 0 aliphatic carbocycles. The summed E-state index contributed by atoms with van der Waals surface area (Å²) in [5.74, 6) is -0.288. The molecule has 0 radical (unpaired) electrons. The molecule has 1 atom stereocenters. The Balaban J connectivity index is 2.37. The normalized spacial score (nSPS) is 20.2. The molecule has 1 N–H and O–H groups in total. The average Bonchev–Trinajstić information content (AvgIpc) is 2.47. The molecule has 0 aromatic carbocycles. The fourth-order valence-corrected chi connectivity index (χ4v) is 3.71. The molecule has 2 rings (SSSR count). The summed E-state index contributed by atoms with van der Waals surface area (Å²) in [6.45, 7) is 2.28. The predicted molar refractivity (Wildman–Crippen MR) is 69.9 cm³/mol. The molecule has 1 unspecified atom stereocenters. The van der Waals surface area contributed by atoms with Gasteiger partial charge in [-0.1, -0.05) is 6.92 Å². The third kappa shape index (κ3) is 2.50. The van der Waals surface area contributed by atoms with Gasteiger partial charge in [0.1, 0.15) is 22.7 Å². The van der Waals surface area contributed by atoms with E-state index in [1.54, 1.807) is 6.92 Å². The first kappa shape index (κ1) is 14.4. The van der Waals surface area contributed by atoms with Crippen molar-refractivity contribution in [2.45, 2.75) is 24.3 Å². The number of sulfonamides is 1. The molecule has 20 heavy (non-hydrogen) atoms. The van der Waals surface area contributed by atoms with E-state index in [1.807, 2.05) is 6.07 Å². The van der Waals surface area contributed by atoms with Crippen LogP contribution < -0.4 is 5.32 Å². The number of nitriles is 1. The van der Waals surface area contributed by atoms with Crippen molar-refractivity contribution in [3.05, 3.63) is 24.0 Å². The van der Waals surface area contributed by atoms with Crippen molar-refractivity contribution in [2.24, 2.45) is 0 Å². The van der Waals surface area contributed by atoms with Gasteiger partial charge in [0.25, 0.3) is 0 Å². The summed E-state index contributed by atoms with van der Waals surface area (Å²) in [5, 5.41) is 11.3. The van der Waals surface area contributed by atoms with Gasteiger partial charge in [-0.2, -0.15) is 9.57 Å². The Morgan fingerprint density at radius 1 is 1.55 bits per heavy atom. The number of pyridine rings is 1. The van der Waals surface area contributed by atoms with Crippen LogP contribution in [-0.2, 0) is 14.8 Å². The monoisotopic (exact) mass is 294 g/mol. The quantitative estimate of drug-likeness (QED) is 0.835. The summed E-state index contributed by atoms with van der Waals surface area (Å²) >= 11 is 0. The Morgan fingerprint density at radius 3 is 2.85 bits per heavy atom. The molecule has 1 aromatic heterocycles. The number of hydrogen-bond acceptors (Lipinski definition) is 5. The lowest BCUT2D eigenvalue weighted by molar-refractivity contribution is -0.126. The summed E-state index contributed by atoms with van der Waals surface area (Å²) in [5.41, 5.74) is 0.146. The minimum atomic E-state index is -3.78. The smallest absolute Gasteiger partial charge is 0.245 e. The van der Waals surface area contributed by atoms with Crippen molar-refractivity contribution in [1.29, 1.82) is 5.26 Å². The van der Waals surface area contributed by atoms with Crippen molar-refractivity contribution in [3.63, 3.8) is 0 Å². The zero-order valence-electron chi connectivity index (χ0n) is 10.9. The number of rotatable bonds is 3. The number of hydrogen-bond donors (Lipinski definition) is 1. The number of nitrogens with one attached hydrogen (secondary N) is 1. The summed E-state index contributed by atoms with van der Waals surface area (Å²) in [4.78, 5) is 15.5. The zero-order valence-corrected chi connectivity index (χ0v) is 11.7. The lowest BCUT2D eigenvalue weighted by Gasteiger charge is -2.33. The van der Waals surface area contributed by atoms with Gasteiger partial charge < -0.3 is 5.32 Å². The van der Waals surface area contributed by atoms with Crippen LogP contribution in [0.1, 0.15) is 19.0 Å². The first-order valence-corrected chi connectivity index (χ1v) is 7.60. The topological polar surface area (TPSA) is 103 Å². The van der Waals surface area contributed by atoms with Gasteiger partial charge in [0.15, 0.2) is 0 Å². The first-order valence-electron chi connectivity index (χ1n) is 6.16. The van der Waals surface area contributed by atoms with Crippen molar-refractivity contribution >= 4 is 15.9 Å². The fraction of sp³-hybridized carbons (Fsp3) is 0.417. The van der Waals surface area contributed by atoms with E-state index >= 15 is 0 Å². The molecule has 1 fully saturated rings. The zero-order chi connectivity index (χ0) is 14.8. The molecule has 1 aliphatic rings. The summed E-state index contributed by atoms with van der Waals surface area (Å²) in [6.07, 6.45) is 1.54. The molecule has 1 saturated heterocycles. The van der Waals surface area contributed by atoms with Gasteiger partial charge in [-0.3, -0.25) is 4.79 Å². The van der Waals surface area contributed by atoms with Crippen molar-refractivity contribution in [2.75, 3.05) is 13.1 Å². The fourth-order valence-electron chi connectivity index (χ4n) is 2.10. The molecular weight excluding hydrogens is 280 g/mol. The maximum Gasteiger partial charge on any atom is 0.245 e. The highest BCUT2D eigenvalue weighted by atomic mass is 32.2. The SMILES string of the molecule is CCC1C(=O)NCCN1S(=O)(=O)c1ccc(C#N)nc1. The average molecular weight is 294 g/mol. The van der Waals surface area contributed by atoms with Crippen LogP contribution in [0, 0.1) is 11.3 Å². The van der Waals surface area contributed by atoms with E-state index in [0.29, 0.717) is 6.42 Å². The number of carbonyl (C=O) groups excluding carboxylic acids is 1. The molecule has 1 aromatic rings. The van der Waals surface area contributed by atoms with Gasteiger partial charge in [0, 0.05) is 19.3 Å². The Morgan fingerprint density at radius 2 is 2.30 bits per heavy atom. The van der Waals surface area contributed by atoms with Crippen molar-refractivity contribution in [3.8, 4) is 6.07 Å². The van der Waals surface area contributed by atoms with Crippen LogP contribution >= 0.6 is 0 Å². The van der Waals surface area contributed by atoms with Gasteiger partial charge in [0.2, 0.25) is 15.9 Å².